The lowest BCUT2D eigenvalue weighted by Crippen LogP contribution is -2.64. The number of aromatic nitrogens is 2. The van der Waals surface area contributed by atoms with Crippen LogP contribution < -0.4 is 10.5 Å². The number of nitrogens with zero attached hydrogens (tertiary/aromatic N) is 3. The summed E-state index contributed by atoms with van der Waals surface area (Å²) in [6.45, 7) is 4.03. The molecule has 24 heavy (non-hydrogen) atoms. The molecule has 1 N–H and O–H groups in total. The van der Waals surface area contributed by atoms with Crippen molar-refractivity contribution in [3.05, 3.63) is 21.6 Å². The Morgan fingerprint density at radius 1 is 1.04 bits per heavy atom. The molecule has 5 aliphatic rings. The van der Waals surface area contributed by atoms with Crippen LogP contribution >= 0.6 is 11.6 Å². The van der Waals surface area contributed by atoms with E-state index < -0.39 is 0 Å². The SMILES string of the molecule is O=c1[nH]ncc(N2CCN(C34CC5CC(CC(C5)C3)C4)CC2)c1Cl. The molecule has 6 rings (SSSR count). The van der Waals surface area contributed by atoms with Crippen LogP contribution in [0.15, 0.2) is 11.0 Å². The molecular weight excluding hydrogens is 324 g/mol. The van der Waals surface area contributed by atoms with E-state index in [0.717, 1.165) is 49.6 Å². The highest BCUT2D eigenvalue weighted by Crippen LogP contribution is 2.57. The number of nitrogens with one attached hydrogen (secondary N) is 1. The van der Waals surface area contributed by atoms with Gasteiger partial charge in [-0.1, -0.05) is 11.6 Å². The number of hydrogen-bond acceptors (Lipinski definition) is 4. The van der Waals surface area contributed by atoms with Crippen molar-refractivity contribution in [3.63, 3.8) is 0 Å². The van der Waals surface area contributed by atoms with Gasteiger partial charge < -0.3 is 4.90 Å². The third-order valence-electron chi connectivity index (χ3n) is 7.07. The molecule has 0 amide bonds. The molecule has 5 nitrogen and oxygen atoms in total. The minimum atomic E-state index is -0.294. The summed E-state index contributed by atoms with van der Waals surface area (Å²) in [5, 5.41) is 6.59. The standard InChI is InChI=1S/C18H25ClN4O/c19-16-15(11-20-21-17(16)24)22-1-3-23(4-2-22)18-8-12-5-13(9-18)7-14(6-12)10-18/h11-14H,1-10H2,(H,21,24). The zero-order chi connectivity index (χ0) is 16.3. The first-order valence-corrected chi connectivity index (χ1v) is 9.74. The lowest BCUT2D eigenvalue weighted by molar-refractivity contribution is -0.0901. The Balaban J connectivity index is 1.32. The molecule has 1 saturated heterocycles. The minimum absolute atomic E-state index is 0.272. The molecule has 0 aromatic carbocycles. The number of hydrogen-bond donors (Lipinski definition) is 1. The highest BCUT2D eigenvalue weighted by molar-refractivity contribution is 6.32. The fourth-order valence-electron chi connectivity index (χ4n) is 6.47. The van der Waals surface area contributed by atoms with Gasteiger partial charge in [-0.15, -0.1) is 0 Å². The molecule has 130 valence electrons. The van der Waals surface area contributed by atoms with E-state index in [-0.39, 0.29) is 10.6 Å². The van der Waals surface area contributed by atoms with Crippen molar-refractivity contribution in [2.45, 2.75) is 44.1 Å². The Hall–Kier alpha value is -1.07. The molecule has 6 heteroatoms. The number of aromatic amines is 1. The smallest absolute Gasteiger partial charge is 0.285 e. The van der Waals surface area contributed by atoms with E-state index in [1.807, 2.05) is 0 Å². The lowest BCUT2D eigenvalue weighted by atomic mass is 9.52. The molecule has 5 fully saturated rings. The molecule has 4 bridgehead atoms. The Labute approximate surface area is 147 Å². The lowest BCUT2D eigenvalue weighted by Gasteiger charge is -2.61. The van der Waals surface area contributed by atoms with Crippen LogP contribution in [-0.4, -0.2) is 46.8 Å². The summed E-state index contributed by atoms with van der Waals surface area (Å²) < 4.78 is 0. The third-order valence-corrected chi connectivity index (χ3v) is 7.44. The average Bonchev–Trinajstić information content (AvgIpc) is 2.56. The van der Waals surface area contributed by atoms with E-state index in [1.54, 1.807) is 6.20 Å². The van der Waals surface area contributed by atoms with E-state index in [2.05, 4.69) is 20.0 Å². The van der Waals surface area contributed by atoms with Gasteiger partial charge in [0.25, 0.3) is 5.56 Å². The quantitative estimate of drug-likeness (QED) is 0.892. The van der Waals surface area contributed by atoms with Crippen LogP contribution in [-0.2, 0) is 0 Å². The zero-order valence-electron chi connectivity index (χ0n) is 14.0. The van der Waals surface area contributed by atoms with Crippen LogP contribution in [0.3, 0.4) is 0 Å². The average molecular weight is 349 g/mol. The van der Waals surface area contributed by atoms with Crippen molar-refractivity contribution >= 4 is 17.3 Å². The maximum absolute atomic E-state index is 11.7. The Morgan fingerprint density at radius 3 is 2.21 bits per heavy atom. The molecule has 1 aliphatic heterocycles. The summed E-state index contributed by atoms with van der Waals surface area (Å²) in [5.41, 5.74) is 0.972. The molecule has 4 aliphatic carbocycles. The number of H-pyrrole nitrogens is 1. The zero-order valence-corrected chi connectivity index (χ0v) is 14.8. The van der Waals surface area contributed by atoms with Gasteiger partial charge in [-0.25, -0.2) is 5.10 Å². The van der Waals surface area contributed by atoms with E-state index in [9.17, 15) is 4.79 Å². The fourth-order valence-corrected chi connectivity index (χ4v) is 6.68. The number of halogens is 1. The van der Waals surface area contributed by atoms with Gasteiger partial charge in [0.1, 0.15) is 5.02 Å². The first-order valence-electron chi connectivity index (χ1n) is 9.36. The van der Waals surface area contributed by atoms with Crippen molar-refractivity contribution in [1.82, 2.24) is 15.1 Å². The third kappa shape index (κ3) is 2.31. The van der Waals surface area contributed by atoms with Crippen molar-refractivity contribution in [3.8, 4) is 0 Å². The van der Waals surface area contributed by atoms with Crippen LogP contribution in [0.5, 0.6) is 0 Å². The van der Waals surface area contributed by atoms with Crippen LogP contribution in [0, 0.1) is 17.8 Å². The van der Waals surface area contributed by atoms with Gasteiger partial charge in [-0.2, -0.15) is 5.10 Å². The summed E-state index contributed by atoms with van der Waals surface area (Å²) in [5.74, 6) is 2.96. The van der Waals surface area contributed by atoms with E-state index in [1.165, 1.54) is 38.5 Å². The van der Waals surface area contributed by atoms with Crippen molar-refractivity contribution in [1.29, 1.82) is 0 Å². The first kappa shape index (κ1) is 15.2. The summed E-state index contributed by atoms with van der Waals surface area (Å²) >= 11 is 6.18. The molecule has 1 aromatic rings. The molecule has 4 saturated carbocycles. The predicted octanol–water partition coefficient (Wildman–Crippen LogP) is 2.51. The molecule has 0 spiro atoms. The molecular formula is C18H25ClN4O. The second-order valence-electron chi connectivity index (χ2n) is 8.51. The Bertz CT molecular complexity index is 659. The fraction of sp³-hybridized carbons (Fsp3) is 0.778. The second kappa shape index (κ2) is 5.46. The van der Waals surface area contributed by atoms with E-state index in [0.29, 0.717) is 5.54 Å². The largest absolute Gasteiger partial charge is 0.366 e. The summed E-state index contributed by atoms with van der Waals surface area (Å²) in [4.78, 5) is 16.7. The molecule has 0 radical (unpaired) electrons. The van der Waals surface area contributed by atoms with Crippen molar-refractivity contribution in [2.75, 3.05) is 31.1 Å². The maximum Gasteiger partial charge on any atom is 0.285 e. The van der Waals surface area contributed by atoms with Gasteiger partial charge in [-0.3, -0.25) is 9.69 Å². The van der Waals surface area contributed by atoms with Gasteiger partial charge in [-0.05, 0) is 56.3 Å². The van der Waals surface area contributed by atoms with Gasteiger partial charge >= 0.3 is 0 Å². The van der Waals surface area contributed by atoms with Gasteiger partial charge in [0, 0.05) is 31.7 Å². The summed E-state index contributed by atoms with van der Waals surface area (Å²) in [6, 6.07) is 0. The molecule has 0 atom stereocenters. The predicted molar refractivity (Wildman–Crippen MR) is 94.6 cm³/mol. The van der Waals surface area contributed by atoms with E-state index in [4.69, 9.17) is 11.6 Å². The van der Waals surface area contributed by atoms with Crippen LogP contribution in [0.25, 0.3) is 0 Å². The van der Waals surface area contributed by atoms with Crippen LogP contribution in [0.2, 0.25) is 5.02 Å². The minimum Gasteiger partial charge on any atom is -0.366 e. The van der Waals surface area contributed by atoms with Crippen molar-refractivity contribution in [2.24, 2.45) is 17.8 Å². The first-order chi connectivity index (χ1) is 11.6. The Kier molecular flexibility index (Phi) is 3.46. The highest BCUT2D eigenvalue weighted by atomic mass is 35.5. The second-order valence-corrected chi connectivity index (χ2v) is 8.89. The summed E-state index contributed by atoms with van der Waals surface area (Å²) in [7, 11) is 0. The topological polar surface area (TPSA) is 52.2 Å². The highest BCUT2D eigenvalue weighted by Gasteiger charge is 2.53. The van der Waals surface area contributed by atoms with Gasteiger partial charge in [0.05, 0.1) is 11.9 Å². The molecule has 0 unspecified atom stereocenters. The number of piperazine rings is 1. The summed E-state index contributed by atoms with van der Waals surface area (Å²) in [6.07, 6.45) is 10.4. The Morgan fingerprint density at radius 2 is 1.62 bits per heavy atom. The molecule has 2 heterocycles. The normalized spacial score (nSPS) is 38.7. The van der Waals surface area contributed by atoms with Gasteiger partial charge in [0.15, 0.2) is 0 Å². The molecule has 1 aromatic heterocycles. The van der Waals surface area contributed by atoms with E-state index >= 15 is 0 Å². The monoisotopic (exact) mass is 348 g/mol. The number of rotatable bonds is 2. The number of anilines is 1. The van der Waals surface area contributed by atoms with Crippen LogP contribution in [0.1, 0.15) is 38.5 Å². The van der Waals surface area contributed by atoms with Gasteiger partial charge in [0.2, 0.25) is 0 Å². The van der Waals surface area contributed by atoms with Crippen LogP contribution in [0.4, 0.5) is 5.69 Å². The maximum atomic E-state index is 11.7. The van der Waals surface area contributed by atoms with Crippen molar-refractivity contribution < 1.29 is 0 Å².